The van der Waals surface area contributed by atoms with Gasteiger partial charge in [0.25, 0.3) is 0 Å². The lowest BCUT2D eigenvalue weighted by Crippen LogP contribution is -2.57. The quantitative estimate of drug-likeness (QED) is 0.104. The van der Waals surface area contributed by atoms with Crippen LogP contribution in [0.5, 0.6) is 0 Å². The van der Waals surface area contributed by atoms with Crippen molar-refractivity contribution in [3.63, 3.8) is 0 Å². The minimum Gasteiger partial charge on any atom is -0.455 e. The molecule has 4 aliphatic heterocycles. The van der Waals surface area contributed by atoms with E-state index in [0.29, 0.717) is 64.1 Å². The van der Waals surface area contributed by atoms with E-state index >= 15 is 0 Å². The number of likely N-dealkylation sites (N-methyl/N-ethyl adjacent to an activating group) is 1. The number of fused-ring (bicyclic) bond motifs is 1. The number of aliphatic hydroxyl groups excluding tert-OH is 1. The number of morpholine rings is 1. The molecule has 13 heteroatoms. The first-order valence-corrected chi connectivity index (χ1v) is 19.1. The van der Waals surface area contributed by atoms with Crippen molar-refractivity contribution < 1.29 is 38.5 Å². The molecule has 1 N–H and O–H groups in total. The number of aliphatic hydroxyl groups is 1. The van der Waals surface area contributed by atoms with Gasteiger partial charge in [0.05, 0.1) is 37.2 Å². The highest BCUT2D eigenvalue weighted by Gasteiger charge is 2.77. The van der Waals surface area contributed by atoms with Crippen LogP contribution in [0, 0.1) is 11.8 Å². The molecule has 51 heavy (non-hydrogen) atoms. The second-order valence-corrected chi connectivity index (χ2v) is 15.2. The molecule has 3 amide bonds. The van der Waals surface area contributed by atoms with E-state index in [1.54, 1.807) is 33.9 Å². The van der Waals surface area contributed by atoms with E-state index in [0.717, 1.165) is 13.1 Å². The molecule has 4 heterocycles. The van der Waals surface area contributed by atoms with Gasteiger partial charge in [0.2, 0.25) is 17.7 Å². The normalized spacial score (nSPS) is 28.2. The number of nitrogens with zero attached hydrogens (tertiary/aromatic N) is 4. The van der Waals surface area contributed by atoms with Crippen molar-refractivity contribution in [2.75, 3.05) is 66.1 Å². The number of allylic oxidation sites excluding steroid dienone is 1. The number of benzene rings is 1. The Labute approximate surface area is 309 Å². The molecule has 0 radical (unpaired) electrons. The molecule has 2 bridgehead atoms. The Hall–Kier alpha value is -3.10. The van der Waals surface area contributed by atoms with Gasteiger partial charge in [-0.3, -0.25) is 24.1 Å². The molecule has 8 atom stereocenters. The van der Waals surface area contributed by atoms with E-state index in [2.05, 4.69) is 34.0 Å². The standard InChI is InChI=1S/C38H53BrN4O8/c1-5-7-15-29(45)40(4)26(3)32(27-13-9-8-10-14-27)50-37(48)30-31-35(46)43(17-11-12-22-44)34(38(31)25-28(39)33(30)51-38)36(47)42(16-6-2)19-18-41-20-23-49-24-21-41/h5-6,8-10,13-14,26,28,30-34,44H,1-2,7,11-12,15-25H2,3-4H3/t26-,28?,30+,31-,32+,33+,34+,38-/m1/s1. The molecule has 4 aliphatic rings. The van der Waals surface area contributed by atoms with Gasteiger partial charge in [-0.1, -0.05) is 58.4 Å². The zero-order chi connectivity index (χ0) is 36.7. The van der Waals surface area contributed by atoms with Crippen LogP contribution in [-0.2, 0) is 33.4 Å². The molecule has 1 aromatic carbocycles. The Morgan fingerprint density at radius 3 is 2.53 bits per heavy atom. The minimum absolute atomic E-state index is 0.0437. The number of amides is 3. The van der Waals surface area contributed by atoms with Crippen LogP contribution in [0.15, 0.2) is 55.6 Å². The predicted octanol–water partition coefficient (Wildman–Crippen LogP) is 2.95. The maximum absolute atomic E-state index is 14.7. The number of likely N-dealkylation sites (tertiary alicyclic amines) is 1. The van der Waals surface area contributed by atoms with E-state index in [-0.39, 0.29) is 42.1 Å². The van der Waals surface area contributed by atoms with Crippen molar-refractivity contribution in [3.05, 3.63) is 61.2 Å². The van der Waals surface area contributed by atoms with E-state index in [9.17, 15) is 24.3 Å². The average Bonchev–Trinajstić information content (AvgIpc) is 3.74. The number of esters is 1. The summed E-state index contributed by atoms with van der Waals surface area (Å²) in [7, 11) is 1.69. The van der Waals surface area contributed by atoms with Gasteiger partial charge in [0.1, 0.15) is 17.7 Å². The first-order valence-electron chi connectivity index (χ1n) is 18.1. The Kier molecular flexibility index (Phi) is 13.5. The summed E-state index contributed by atoms with van der Waals surface area (Å²) >= 11 is 3.76. The predicted molar refractivity (Wildman–Crippen MR) is 195 cm³/mol. The zero-order valence-corrected chi connectivity index (χ0v) is 31.5. The summed E-state index contributed by atoms with van der Waals surface area (Å²) in [5, 5.41) is 9.56. The van der Waals surface area contributed by atoms with Gasteiger partial charge in [-0.2, -0.15) is 0 Å². The molecule has 5 rings (SSSR count). The van der Waals surface area contributed by atoms with Crippen molar-refractivity contribution in [2.24, 2.45) is 11.8 Å². The van der Waals surface area contributed by atoms with E-state index < -0.39 is 47.7 Å². The minimum atomic E-state index is -1.25. The van der Waals surface area contributed by atoms with Crippen LogP contribution in [0.4, 0.5) is 0 Å². The lowest BCUT2D eigenvalue weighted by molar-refractivity contribution is -0.164. The molecule has 1 aromatic rings. The van der Waals surface area contributed by atoms with Gasteiger partial charge in [-0.15, -0.1) is 13.2 Å². The van der Waals surface area contributed by atoms with Gasteiger partial charge < -0.3 is 34.0 Å². The number of carbonyl (C=O) groups is 4. The molecule has 4 saturated heterocycles. The highest BCUT2D eigenvalue weighted by molar-refractivity contribution is 9.09. The van der Waals surface area contributed by atoms with Crippen LogP contribution < -0.4 is 0 Å². The van der Waals surface area contributed by atoms with Crippen LogP contribution in [0.25, 0.3) is 0 Å². The molecule has 0 saturated carbocycles. The summed E-state index contributed by atoms with van der Waals surface area (Å²) < 4.78 is 18.6. The van der Waals surface area contributed by atoms with E-state index in [4.69, 9.17) is 14.2 Å². The number of ether oxygens (including phenoxy) is 3. The van der Waals surface area contributed by atoms with Crippen molar-refractivity contribution in [3.8, 4) is 0 Å². The van der Waals surface area contributed by atoms with Crippen molar-refractivity contribution in [2.45, 2.75) is 73.7 Å². The number of carbonyl (C=O) groups excluding carboxylic acids is 4. The molecule has 0 aliphatic carbocycles. The molecule has 280 valence electrons. The fourth-order valence-electron chi connectivity index (χ4n) is 8.14. The van der Waals surface area contributed by atoms with Crippen molar-refractivity contribution in [1.82, 2.24) is 19.6 Å². The summed E-state index contributed by atoms with van der Waals surface area (Å²) in [5.41, 5.74) is -0.535. The Bertz CT molecular complexity index is 1410. The monoisotopic (exact) mass is 772 g/mol. The number of hydrogen-bond acceptors (Lipinski definition) is 9. The van der Waals surface area contributed by atoms with Gasteiger partial charge in [0, 0.05) is 64.2 Å². The smallest absolute Gasteiger partial charge is 0.313 e. The SMILES string of the molecule is C=CCCC(=O)N(C)[C@H](C)[C@H](OC(=O)[C@@H]1[C@H]2O[C@@]3(CC2Br)[C@H](C(=O)N(CC=C)CCN2CCOCC2)N(CCCCO)C(=O)[C@@H]13)c1ccccc1. The number of alkyl halides is 1. The number of unbranched alkanes of at least 4 members (excludes halogenated alkanes) is 1. The van der Waals surface area contributed by atoms with E-state index in [1.165, 1.54) is 0 Å². The van der Waals surface area contributed by atoms with Crippen LogP contribution in [0.1, 0.15) is 50.7 Å². The summed E-state index contributed by atoms with van der Waals surface area (Å²) in [6.07, 6.45) is 3.98. The fraction of sp³-hybridized carbons (Fsp3) is 0.632. The van der Waals surface area contributed by atoms with Gasteiger partial charge in [-0.25, -0.2) is 0 Å². The Morgan fingerprint density at radius 1 is 1.14 bits per heavy atom. The second-order valence-electron chi connectivity index (χ2n) is 14.0. The van der Waals surface area contributed by atoms with Crippen molar-refractivity contribution >= 4 is 39.6 Å². The van der Waals surface area contributed by atoms with Crippen LogP contribution in [-0.4, -0.2) is 143 Å². The van der Waals surface area contributed by atoms with Crippen LogP contribution in [0.3, 0.4) is 0 Å². The largest absolute Gasteiger partial charge is 0.455 e. The summed E-state index contributed by atoms with van der Waals surface area (Å²) in [6.45, 7) is 13.9. The molecular weight excluding hydrogens is 720 g/mol. The van der Waals surface area contributed by atoms with Gasteiger partial charge in [-0.05, 0) is 38.2 Å². The third kappa shape index (κ3) is 8.12. The molecular formula is C38H53BrN4O8. The molecule has 0 aromatic heterocycles. The van der Waals surface area contributed by atoms with Crippen LogP contribution >= 0.6 is 15.9 Å². The number of rotatable bonds is 18. The Morgan fingerprint density at radius 2 is 1.86 bits per heavy atom. The summed E-state index contributed by atoms with van der Waals surface area (Å²) in [6, 6.07) is 7.79. The van der Waals surface area contributed by atoms with Crippen LogP contribution in [0.2, 0.25) is 0 Å². The first-order chi connectivity index (χ1) is 24.6. The molecule has 1 unspecified atom stereocenters. The zero-order valence-electron chi connectivity index (χ0n) is 29.9. The summed E-state index contributed by atoms with van der Waals surface area (Å²) in [5.74, 6) is -3.18. The van der Waals surface area contributed by atoms with Gasteiger partial charge >= 0.3 is 5.97 Å². The average molecular weight is 774 g/mol. The number of halogens is 1. The van der Waals surface area contributed by atoms with Crippen molar-refractivity contribution in [1.29, 1.82) is 0 Å². The third-order valence-corrected chi connectivity index (χ3v) is 11.8. The lowest BCUT2D eigenvalue weighted by Gasteiger charge is -2.38. The maximum atomic E-state index is 14.7. The first kappa shape index (κ1) is 39.1. The maximum Gasteiger partial charge on any atom is 0.313 e. The van der Waals surface area contributed by atoms with Gasteiger partial charge in [0.15, 0.2) is 0 Å². The summed E-state index contributed by atoms with van der Waals surface area (Å²) in [4.78, 5) is 63.7. The Balaban J connectivity index is 1.45. The molecule has 1 spiro atoms. The molecule has 4 fully saturated rings. The van der Waals surface area contributed by atoms with E-state index in [1.807, 2.05) is 37.3 Å². The topological polar surface area (TPSA) is 129 Å². The number of hydrogen-bond donors (Lipinski definition) is 1. The lowest BCUT2D eigenvalue weighted by atomic mass is 9.70. The molecule has 12 nitrogen and oxygen atoms in total. The third-order valence-electron chi connectivity index (χ3n) is 10.9. The fourth-order valence-corrected chi connectivity index (χ4v) is 9.09. The second kappa shape index (κ2) is 17.6. The highest BCUT2D eigenvalue weighted by atomic mass is 79.9. The highest BCUT2D eigenvalue weighted by Crippen LogP contribution is 2.60.